The summed E-state index contributed by atoms with van der Waals surface area (Å²) < 4.78 is 16.0. The molecule has 1 heterocycles. The van der Waals surface area contributed by atoms with Crippen LogP contribution in [0.1, 0.15) is 36.0 Å². The van der Waals surface area contributed by atoms with Crippen molar-refractivity contribution < 1.29 is 34.6 Å². The maximum atomic E-state index is 10.7. The lowest BCUT2D eigenvalue weighted by Gasteiger charge is -2.27. The van der Waals surface area contributed by atoms with E-state index in [1.165, 1.54) is 20.3 Å². The first kappa shape index (κ1) is 18.9. The molecular formula is C21H24O7. The molecule has 0 spiro atoms. The van der Waals surface area contributed by atoms with Crippen LogP contribution < -0.4 is 9.47 Å². The molecule has 1 aliphatic heterocycles. The van der Waals surface area contributed by atoms with Crippen LogP contribution in [0.25, 0.3) is 0 Å². The predicted octanol–water partition coefficient (Wildman–Crippen LogP) is 2.63. The van der Waals surface area contributed by atoms with E-state index in [-0.39, 0.29) is 23.3 Å². The van der Waals surface area contributed by atoms with E-state index in [0.29, 0.717) is 11.5 Å². The van der Waals surface area contributed by atoms with Crippen LogP contribution in [0.4, 0.5) is 0 Å². The molecule has 7 nitrogen and oxygen atoms in total. The Balaban J connectivity index is 1.68. The molecule has 0 aromatic heterocycles. The van der Waals surface area contributed by atoms with E-state index in [2.05, 4.69) is 0 Å². The number of phenolic OH excluding ortho intramolecular Hbond substituents is 2. The number of methoxy groups -OCH3 is 2. The average Bonchev–Trinajstić information content (AvgIpc) is 3.23. The van der Waals surface area contributed by atoms with Crippen molar-refractivity contribution in [2.24, 2.45) is 11.8 Å². The Labute approximate surface area is 162 Å². The highest BCUT2D eigenvalue weighted by atomic mass is 16.8. The third-order valence-electron chi connectivity index (χ3n) is 5.99. The van der Waals surface area contributed by atoms with Crippen molar-refractivity contribution in [1.29, 1.82) is 0 Å². The van der Waals surface area contributed by atoms with Crippen molar-refractivity contribution in [2.45, 2.75) is 30.8 Å². The molecule has 2 aromatic rings. The molecule has 1 saturated heterocycles. The van der Waals surface area contributed by atoms with E-state index in [1.54, 1.807) is 30.3 Å². The largest absolute Gasteiger partial charge is 0.504 e. The van der Waals surface area contributed by atoms with Gasteiger partial charge in [0.05, 0.1) is 26.2 Å². The number of fused-ring (bicyclic) bond motifs is 1. The lowest BCUT2D eigenvalue weighted by atomic mass is 9.81. The molecule has 7 heteroatoms. The van der Waals surface area contributed by atoms with Gasteiger partial charge in [0.2, 0.25) is 0 Å². The standard InChI is InChI=1S/C21H24O7/c1-26-17-9-11(3-7-15(17)22)13-5-6-14-19(13)21(24,25)28-20(14)12-4-8-16(23)18(10-12)27-2/h3-4,7-10,13-14,19-20,22-25H,5-6H2,1-2H3/t13-,14+,19+,20+/m0/s1. The topological polar surface area (TPSA) is 109 Å². The highest BCUT2D eigenvalue weighted by Crippen LogP contribution is 2.59. The first-order chi connectivity index (χ1) is 13.4. The van der Waals surface area contributed by atoms with Crippen LogP contribution in [0.5, 0.6) is 23.0 Å². The molecule has 1 saturated carbocycles. The highest BCUT2D eigenvalue weighted by Gasteiger charge is 2.60. The molecular weight excluding hydrogens is 364 g/mol. The van der Waals surface area contributed by atoms with Crippen LogP contribution >= 0.6 is 0 Å². The number of aliphatic hydroxyl groups is 2. The minimum Gasteiger partial charge on any atom is -0.504 e. The molecule has 1 aliphatic carbocycles. The Hall–Kier alpha value is -2.48. The molecule has 4 atom stereocenters. The molecule has 2 fully saturated rings. The van der Waals surface area contributed by atoms with Gasteiger partial charge in [-0.25, -0.2) is 0 Å². The fourth-order valence-corrected chi connectivity index (χ4v) is 4.75. The summed E-state index contributed by atoms with van der Waals surface area (Å²) in [5.41, 5.74) is 1.58. The third kappa shape index (κ3) is 2.96. The summed E-state index contributed by atoms with van der Waals surface area (Å²) in [6.45, 7) is 0. The van der Waals surface area contributed by atoms with Crippen molar-refractivity contribution in [2.75, 3.05) is 14.2 Å². The van der Waals surface area contributed by atoms with Gasteiger partial charge in [-0.1, -0.05) is 12.1 Å². The predicted molar refractivity (Wildman–Crippen MR) is 99.3 cm³/mol. The van der Waals surface area contributed by atoms with Gasteiger partial charge in [-0.15, -0.1) is 0 Å². The molecule has 0 amide bonds. The molecule has 4 rings (SSSR count). The summed E-state index contributed by atoms with van der Waals surface area (Å²) in [6, 6.07) is 9.94. The zero-order valence-corrected chi connectivity index (χ0v) is 15.7. The number of benzene rings is 2. The average molecular weight is 388 g/mol. The highest BCUT2D eigenvalue weighted by molar-refractivity contribution is 5.45. The summed E-state index contributed by atoms with van der Waals surface area (Å²) in [6.07, 6.45) is 0.967. The van der Waals surface area contributed by atoms with Gasteiger partial charge in [-0.3, -0.25) is 0 Å². The van der Waals surface area contributed by atoms with Crippen LogP contribution in [0, 0.1) is 11.8 Å². The summed E-state index contributed by atoms with van der Waals surface area (Å²) >= 11 is 0. The van der Waals surface area contributed by atoms with E-state index in [1.807, 2.05) is 0 Å². The van der Waals surface area contributed by atoms with Crippen LogP contribution in [0.3, 0.4) is 0 Å². The number of phenols is 2. The summed E-state index contributed by atoms with van der Waals surface area (Å²) in [5.74, 6) is -2.38. The molecule has 150 valence electrons. The van der Waals surface area contributed by atoms with E-state index < -0.39 is 18.0 Å². The number of aromatic hydroxyl groups is 2. The Kier molecular flexibility index (Phi) is 4.61. The van der Waals surface area contributed by atoms with Gasteiger partial charge < -0.3 is 34.6 Å². The first-order valence-electron chi connectivity index (χ1n) is 9.22. The molecule has 0 bridgehead atoms. The smallest absolute Gasteiger partial charge is 0.282 e. The number of hydrogen-bond acceptors (Lipinski definition) is 7. The van der Waals surface area contributed by atoms with Crippen molar-refractivity contribution in [3.63, 3.8) is 0 Å². The normalized spacial score (nSPS) is 28.1. The zero-order chi connectivity index (χ0) is 20.1. The number of ether oxygens (including phenoxy) is 3. The summed E-state index contributed by atoms with van der Waals surface area (Å²) in [7, 11) is 2.94. The zero-order valence-electron chi connectivity index (χ0n) is 15.7. The maximum Gasteiger partial charge on any atom is 0.282 e. The van der Waals surface area contributed by atoms with Crippen LogP contribution in [0.2, 0.25) is 0 Å². The SMILES string of the molecule is COc1cc([C@H]2OC(O)(O)[C@H]3[C@H]2CC[C@H]3c2ccc(O)c(OC)c2)ccc1O. The first-order valence-corrected chi connectivity index (χ1v) is 9.22. The second kappa shape index (κ2) is 6.84. The van der Waals surface area contributed by atoms with Crippen molar-refractivity contribution in [3.8, 4) is 23.0 Å². The number of hydrogen-bond donors (Lipinski definition) is 4. The van der Waals surface area contributed by atoms with Gasteiger partial charge in [0, 0.05) is 5.92 Å². The van der Waals surface area contributed by atoms with Gasteiger partial charge in [-0.05, 0) is 54.2 Å². The lowest BCUT2D eigenvalue weighted by molar-refractivity contribution is -0.348. The van der Waals surface area contributed by atoms with Crippen LogP contribution in [-0.2, 0) is 4.74 Å². The van der Waals surface area contributed by atoms with Crippen LogP contribution in [-0.4, -0.2) is 40.6 Å². The molecule has 28 heavy (non-hydrogen) atoms. The van der Waals surface area contributed by atoms with Gasteiger partial charge in [-0.2, -0.15) is 0 Å². The second-order valence-corrected chi connectivity index (χ2v) is 7.43. The monoisotopic (exact) mass is 388 g/mol. The molecule has 2 aliphatic rings. The van der Waals surface area contributed by atoms with Crippen LogP contribution in [0.15, 0.2) is 36.4 Å². The van der Waals surface area contributed by atoms with Gasteiger partial charge >= 0.3 is 0 Å². The quantitative estimate of drug-likeness (QED) is 0.596. The summed E-state index contributed by atoms with van der Waals surface area (Å²) in [5, 5.41) is 41.0. The Bertz CT molecular complexity index is 828. The molecule has 0 unspecified atom stereocenters. The van der Waals surface area contributed by atoms with Gasteiger partial charge in [0.25, 0.3) is 5.97 Å². The minimum absolute atomic E-state index is 0.0144. The Morgan fingerprint density at radius 1 is 0.893 bits per heavy atom. The van der Waals surface area contributed by atoms with E-state index >= 15 is 0 Å². The molecule has 4 N–H and O–H groups in total. The van der Waals surface area contributed by atoms with Gasteiger partial charge in [0.1, 0.15) is 0 Å². The lowest BCUT2D eigenvalue weighted by Crippen LogP contribution is -2.37. The van der Waals surface area contributed by atoms with E-state index in [4.69, 9.17) is 14.2 Å². The van der Waals surface area contributed by atoms with E-state index in [9.17, 15) is 20.4 Å². The van der Waals surface area contributed by atoms with Crippen molar-refractivity contribution in [3.05, 3.63) is 47.5 Å². The van der Waals surface area contributed by atoms with Crippen molar-refractivity contribution in [1.82, 2.24) is 0 Å². The number of rotatable bonds is 4. The maximum absolute atomic E-state index is 10.7. The second-order valence-electron chi connectivity index (χ2n) is 7.43. The minimum atomic E-state index is -2.28. The third-order valence-corrected chi connectivity index (χ3v) is 5.99. The summed E-state index contributed by atoms with van der Waals surface area (Å²) in [4.78, 5) is 0. The Morgan fingerprint density at radius 3 is 2.07 bits per heavy atom. The Morgan fingerprint density at radius 2 is 1.46 bits per heavy atom. The molecule has 2 aromatic carbocycles. The van der Waals surface area contributed by atoms with E-state index in [0.717, 1.165) is 24.0 Å². The van der Waals surface area contributed by atoms with Gasteiger partial charge in [0.15, 0.2) is 23.0 Å². The fourth-order valence-electron chi connectivity index (χ4n) is 4.75. The van der Waals surface area contributed by atoms with Crippen molar-refractivity contribution >= 4 is 0 Å². The fraction of sp³-hybridized carbons (Fsp3) is 0.429. The molecule has 0 radical (unpaired) electrons.